The summed E-state index contributed by atoms with van der Waals surface area (Å²) in [6, 6.07) is 22.6. The van der Waals surface area contributed by atoms with Crippen molar-refractivity contribution >= 4 is 6.56 Å². The molecule has 2 atom stereocenters. The summed E-state index contributed by atoms with van der Waals surface area (Å²) < 4.78 is 15.8. The van der Waals surface area contributed by atoms with Crippen LogP contribution < -0.4 is 24.8 Å². The van der Waals surface area contributed by atoms with Crippen molar-refractivity contribution in [3.05, 3.63) is 154 Å². The SMILES string of the molecule is CCCc1ccc(-c2ccc3c(c2)[C]([Zr+2][C]2=C4C=CC=CC4c4ccc(-c5ccc(CCC)o5)cc42)=C2C=CC=CC23)o1.[Cl-].[Cl-]. The molecule has 0 fully saturated rings. The molecule has 4 aromatic rings. The van der Waals surface area contributed by atoms with Crippen molar-refractivity contribution in [3.63, 3.8) is 0 Å². The first-order valence-electron chi connectivity index (χ1n) is 15.6. The first kappa shape index (κ1) is 31.9. The molecule has 2 heterocycles. The third-order valence-electron chi connectivity index (χ3n) is 9.08. The van der Waals surface area contributed by atoms with Crippen LogP contribution in [-0.2, 0) is 36.1 Å². The van der Waals surface area contributed by atoms with E-state index in [1.807, 2.05) is 0 Å². The zero-order valence-electron chi connectivity index (χ0n) is 25.4. The minimum absolute atomic E-state index is 0. The van der Waals surface area contributed by atoms with Gasteiger partial charge in [-0.05, 0) is 0 Å². The molecule has 45 heavy (non-hydrogen) atoms. The standard InChI is InChI=1S/2C20H17O.2ClH.Zr/c2*1-2-5-17-9-11-20(21-17)15-8-10-19-16(13-15)12-14-6-3-4-7-18(14)19;;;/h2*3-4,6-11,13,18H,2,5H2,1H3;2*1H;/q;;;;+2/p-2. The number of benzene rings is 2. The summed E-state index contributed by atoms with van der Waals surface area (Å²) in [5, 5.41) is 0. The molecule has 0 bridgehead atoms. The predicted octanol–water partition coefficient (Wildman–Crippen LogP) is 4.77. The van der Waals surface area contributed by atoms with Gasteiger partial charge in [-0.15, -0.1) is 0 Å². The molecule has 0 radical (unpaired) electrons. The molecule has 0 saturated heterocycles. The van der Waals surface area contributed by atoms with Crippen molar-refractivity contribution in [2.45, 2.75) is 51.4 Å². The molecule has 0 saturated carbocycles. The van der Waals surface area contributed by atoms with Crippen LogP contribution in [0.1, 0.15) is 72.3 Å². The molecular weight excluding hydrogens is 675 g/mol. The van der Waals surface area contributed by atoms with Crippen LogP contribution in [0.2, 0.25) is 0 Å². The fourth-order valence-corrected chi connectivity index (χ4v) is 11.3. The van der Waals surface area contributed by atoms with Crippen molar-refractivity contribution in [1.82, 2.24) is 0 Å². The number of furan rings is 2. The molecular formula is C40H34Cl2O2Zr. The normalized spacial score (nSPS) is 18.3. The van der Waals surface area contributed by atoms with Gasteiger partial charge in [-0.3, -0.25) is 0 Å². The zero-order chi connectivity index (χ0) is 28.9. The van der Waals surface area contributed by atoms with Crippen molar-refractivity contribution in [1.29, 1.82) is 0 Å². The molecule has 2 aromatic heterocycles. The third kappa shape index (κ3) is 5.63. The van der Waals surface area contributed by atoms with Gasteiger partial charge < -0.3 is 24.8 Å². The maximum Gasteiger partial charge on any atom is -1.00 e. The van der Waals surface area contributed by atoms with E-state index in [0.29, 0.717) is 11.8 Å². The van der Waals surface area contributed by atoms with Gasteiger partial charge in [0, 0.05) is 0 Å². The van der Waals surface area contributed by atoms with Gasteiger partial charge in [0.15, 0.2) is 0 Å². The molecule has 4 aliphatic carbocycles. The Morgan fingerprint density at radius 3 is 1.49 bits per heavy atom. The Balaban J connectivity index is 0.00000179. The fourth-order valence-electron chi connectivity index (χ4n) is 7.04. The average Bonchev–Trinajstić information content (AvgIpc) is 3.83. The largest absolute Gasteiger partial charge is 1.00 e. The summed E-state index contributed by atoms with van der Waals surface area (Å²) in [6.45, 7) is 4.40. The molecule has 224 valence electrons. The van der Waals surface area contributed by atoms with Crippen LogP contribution in [0.3, 0.4) is 0 Å². The van der Waals surface area contributed by atoms with E-state index in [9.17, 15) is 0 Å². The van der Waals surface area contributed by atoms with Crippen LogP contribution in [-0.4, -0.2) is 0 Å². The molecule has 2 aromatic carbocycles. The third-order valence-corrected chi connectivity index (χ3v) is 13.1. The van der Waals surface area contributed by atoms with Gasteiger partial charge >= 0.3 is 267 Å². The maximum absolute atomic E-state index is 6.28. The van der Waals surface area contributed by atoms with E-state index in [2.05, 4.69) is 123 Å². The smallest absolute Gasteiger partial charge is 1.00 e. The summed E-state index contributed by atoms with van der Waals surface area (Å²) in [5.41, 5.74) is 11.1. The zero-order valence-corrected chi connectivity index (χ0v) is 29.4. The second-order valence-electron chi connectivity index (χ2n) is 11.9. The Bertz CT molecular complexity index is 1800. The van der Waals surface area contributed by atoms with E-state index in [-0.39, 0.29) is 24.8 Å². The molecule has 2 unspecified atom stereocenters. The van der Waals surface area contributed by atoms with Crippen LogP contribution in [0.25, 0.3) is 29.2 Å². The summed E-state index contributed by atoms with van der Waals surface area (Å²) in [4.78, 5) is 0. The van der Waals surface area contributed by atoms with Gasteiger partial charge in [-0.25, -0.2) is 0 Å². The van der Waals surface area contributed by atoms with Crippen molar-refractivity contribution < 1.29 is 56.9 Å². The molecule has 0 aliphatic heterocycles. The average molecular weight is 709 g/mol. The van der Waals surface area contributed by atoms with Gasteiger partial charge in [-0.2, -0.15) is 0 Å². The van der Waals surface area contributed by atoms with E-state index in [0.717, 1.165) is 48.7 Å². The Labute approximate surface area is 289 Å². The predicted molar refractivity (Wildman–Crippen MR) is 172 cm³/mol. The van der Waals surface area contributed by atoms with Crippen molar-refractivity contribution in [2.75, 3.05) is 0 Å². The van der Waals surface area contributed by atoms with Crippen molar-refractivity contribution in [3.8, 4) is 22.6 Å². The monoisotopic (exact) mass is 706 g/mol. The summed E-state index contributed by atoms with van der Waals surface area (Å²) in [6.07, 6.45) is 22.5. The second-order valence-corrected chi connectivity index (χ2v) is 14.9. The summed E-state index contributed by atoms with van der Waals surface area (Å²) in [5.74, 6) is 4.77. The van der Waals surface area contributed by atoms with Crippen LogP contribution in [0, 0.1) is 0 Å². The van der Waals surface area contributed by atoms with Gasteiger partial charge in [0.05, 0.1) is 0 Å². The van der Waals surface area contributed by atoms with E-state index in [1.54, 1.807) is 6.56 Å². The van der Waals surface area contributed by atoms with E-state index in [1.165, 1.54) is 44.5 Å². The second kappa shape index (κ2) is 13.3. The summed E-state index contributed by atoms with van der Waals surface area (Å²) in [7, 11) is 0. The quantitative estimate of drug-likeness (QED) is 0.264. The number of halogens is 2. The molecule has 0 amide bonds. The van der Waals surface area contributed by atoms with Gasteiger partial charge in [0.1, 0.15) is 0 Å². The first-order chi connectivity index (χ1) is 21.2. The van der Waals surface area contributed by atoms with Crippen LogP contribution >= 0.6 is 0 Å². The minimum atomic E-state index is -1.24. The van der Waals surface area contributed by atoms with Gasteiger partial charge in [-0.1, -0.05) is 0 Å². The Hall–Kier alpha value is -3.10. The number of aryl methyl sites for hydroxylation is 2. The number of rotatable bonds is 8. The fraction of sp³-hybridized carbons (Fsp3) is 0.200. The Kier molecular flexibility index (Phi) is 9.44. The Morgan fingerprint density at radius 2 is 1.04 bits per heavy atom. The van der Waals surface area contributed by atoms with Crippen LogP contribution in [0.4, 0.5) is 0 Å². The number of fused-ring (bicyclic) bond motifs is 6. The van der Waals surface area contributed by atoms with Gasteiger partial charge in [0.2, 0.25) is 0 Å². The van der Waals surface area contributed by atoms with Gasteiger partial charge in [0.25, 0.3) is 0 Å². The van der Waals surface area contributed by atoms with Crippen molar-refractivity contribution in [2.24, 2.45) is 0 Å². The summed E-state index contributed by atoms with van der Waals surface area (Å²) >= 11 is -1.24. The number of hydrogen-bond donors (Lipinski definition) is 0. The van der Waals surface area contributed by atoms with Crippen LogP contribution in [0.15, 0.2) is 129 Å². The van der Waals surface area contributed by atoms with E-state index < -0.39 is 23.2 Å². The number of allylic oxidation sites excluding steroid dienone is 10. The molecule has 2 nitrogen and oxygen atoms in total. The molecule has 5 heteroatoms. The first-order valence-corrected chi connectivity index (χ1v) is 18.1. The molecule has 8 rings (SSSR count). The topological polar surface area (TPSA) is 26.3 Å². The molecule has 0 N–H and O–H groups in total. The minimum Gasteiger partial charge on any atom is -1.00 e. The van der Waals surface area contributed by atoms with E-state index >= 15 is 0 Å². The molecule has 0 spiro atoms. The van der Waals surface area contributed by atoms with E-state index in [4.69, 9.17) is 8.83 Å². The van der Waals surface area contributed by atoms with Crippen LogP contribution in [0.5, 0.6) is 0 Å². The Morgan fingerprint density at radius 1 is 0.578 bits per heavy atom. The molecule has 4 aliphatic rings. The number of hydrogen-bond acceptors (Lipinski definition) is 2. The maximum atomic E-state index is 6.28.